The molecule has 1 unspecified atom stereocenters. The van der Waals surface area contributed by atoms with Gasteiger partial charge in [-0.15, -0.1) is 0 Å². The zero-order valence-electron chi connectivity index (χ0n) is 10.4. The Balaban J connectivity index is 1.73. The highest BCUT2D eigenvalue weighted by Gasteiger charge is 2.32. The maximum atomic E-state index is 5.36. The number of rotatable bonds is 4. The van der Waals surface area contributed by atoms with Crippen LogP contribution < -0.4 is 5.32 Å². The zero-order chi connectivity index (χ0) is 11.7. The molecule has 5 heteroatoms. The lowest BCUT2D eigenvalue weighted by Crippen LogP contribution is -2.45. The first-order valence-corrected chi connectivity index (χ1v) is 6.66. The summed E-state index contributed by atoms with van der Waals surface area (Å²) in [5.41, 5.74) is 0. The van der Waals surface area contributed by atoms with Crippen LogP contribution in [0.15, 0.2) is 4.52 Å². The van der Waals surface area contributed by atoms with Gasteiger partial charge in [0, 0.05) is 32.1 Å². The molecule has 0 amide bonds. The van der Waals surface area contributed by atoms with Crippen LogP contribution in [-0.4, -0.2) is 41.2 Å². The predicted octanol–water partition coefficient (Wildman–Crippen LogP) is 1.30. The molecule has 1 atom stereocenters. The van der Waals surface area contributed by atoms with Gasteiger partial charge in [0.15, 0.2) is 5.82 Å². The lowest BCUT2D eigenvalue weighted by molar-refractivity contribution is 0.160. The minimum Gasteiger partial charge on any atom is -0.339 e. The van der Waals surface area contributed by atoms with Crippen molar-refractivity contribution in [1.82, 2.24) is 20.4 Å². The quantitative estimate of drug-likeness (QED) is 0.854. The van der Waals surface area contributed by atoms with Crippen molar-refractivity contribution >= 4 is 0 Å². The van der Waals surface area contributed by atoms with Crippen LogP contribution >= 0.6 is 0 Å². The molecule has 1 N–H and O–H groups in total. The van der Waals surface area contributed by atoms with E-state index in [9.17, 15) is 0 Å². The molecule has 1 aliphatic heterocycles. The van der Waals surface area contributed by atoms with Crippen LogP contribution in [0.5, 0.6) is 0 Å². The Morgan fingerprint density at radius 2 is 2.18 bits per heavy atom. The predicted molar refractivity (Wildman–Crippen MR) is 63.7 cm³/mol. The second-order valence-electron chi connectivity index (χ2n) is 4.98. The number of nitrogens with one attached hydrogen (secondary N) is 1. The van der Waals surface area contributed by atoms with Gasteiger partial charge >= 0.3 is 0 Å². The third kappa shape index (κ3) is 2.35. The van der Waals surface area contributed by atoms with E-state index in [0.29, 0.717) is 12.0 Å². The van der Waals surface area contributed by atoms with Gasteiger partial charge in [-0.25, -0.2) is 0 Å². The van der Waals surface area contributed by atoms with Gasteiger partial charge in [-0.1, -0.05) is 12.1 Å². The normalized spacial score (nSPS) is 23.8. The van der Waals surface area contributed by atoms with Gasteiger partial charge in [0.25, 0.3) is 0 Å². The topological polar surface area (TPSA) is 54.2 Å². The van der Waals surface area contributed by atoms with Gasteiger partial charge in [-0.3, -0.25) is 4.90 Å². The molecule has 2 heterocycles. The molecule has 94 valence electrons. The van der Waals surface area contributed by atoms with E-state index in [1.807, 2.05) is 0 Å². The average Bonchev–Trinajstić information content (AvgIpc) is 3.12. The minimum absolute atomic E-state index is 0.327. The molecule has 1 aliphatic carbocycles. The van der Waals surface area contributed by atoms with Gasteiger partial charge < -0.3 is 9.84 Å². The lowest BCUT2D eigenvalue weighted by atomic mass is 10.1. The standard InChI is InChI=1S/C12H20N4O/c1-2-10(16-7-5-13-6-8-16)11-14-12(17-15-11)9-3-4-9/h9-10,13H,2-8H2,1H3. The van der Waals surface area contributed by atoms with Crippen LogP contribution in [0.2, 0.25) is 0 Å². The van der Waals surface area contributed by atoms with Crippen LogP contribution in [0.3, 0.4) is 0 Å². The second-order valence-corrected chi connectivity index (χ2v) is 4.98. The van der Waals surface area contributed by atoms with E-state index in [4.69, 9.17) is 4.52 Å². The van der Waals surface area contributed by atoms with Crippen LogP contribution in [-0.2, 0) is 0 Å². The number of nitrogens with zero attached hydrogens (tertiary/aromatic N) is 3. The van der Waals surface area contributed by atoms with Crippen molar-refractivity contribution in [3.63, 3.8) is 0 Å². The maximum absolute atomic E-state index is 5.36. The Kier molecular flexibility index (Phi) is 3.11. The number of hydrogen-bond acceptors (Lipinski definition) is 5. The van der Waals surface area contributed by atoms with Crippen molar-refractivity contribution in [2.24, 2.45) is 0 Å². The van der Waals surface area contributed by atoms with E-state index in [1.54, 1.807) is 0 Å². The van der Waals surface area contributed by atoms with Crippen LogP contribution in [0.4, 0.5) is 0 Å². The van der Waals surface area contributed by atoms with Crippen molar-refractivity contribution in [1.29, 1.82) is 0 Å². The molecule has 1 aromatic rings. The van der Waals surface area contributed by atoms with E-state index in [-0.39, 0.29) is 0 Å². The minimum atomic E-state index is 0.327. The summed E-state index contributed by atoms with van der Waals surface area (Å²) < 4.78 is 5.36. The smallest absolute Gasteiger partial charge is 0.229 e. The lowest BCUT2D eigenvalue weighted by Gasteiger charge is -2.32. The van der Waals surface area contributed by atoms with Gasteiger partial charge in [-0.05, 0) is 19.3 Å². The summed E-state index contributed by atoms with van der Waals surface area (Å²) in [6, 6.07) is 0.327. The zero-order valence-corrected chi connectivity index (χ0v) is 10.4. The van der Waals surface area contributed by atoms with Gasteiger partial charge in [0.2, 0.25) is 5.89 Å². The van der Waals surface area contributed by atoms with Crippen LogP contribution in [0.25, 0.3) is 0 Å². The molecule has 5 nitrogen and oxygen atoms in total. The highest BCUT2D eigenvalue weighted by Crippen LogP contribution is 2.39. The van der Waals surface area contributed by atoms with E-state index in [2.05, 4.69) is 27.3 Å². The largest absolute Gasteiger partial charge is 0.339 e. The summed E-state index contributed by atoms with van der Waals surface area (Å²) in [4.78, 5) is 7.04. The molecular weight excluding hydrogens is 216 g/mol. The third-order valence-corrected chi connectivity index (χ3v) is 3.66. The van der Waals surface area contributed by atoms with E-state index >= 15 is 0 Å². The molecule has 0 spiro atoms. The highest BCUT2D eigenvalue weighted by atomic mass is 16.5. The van der Waals surface area contributed by atoms with Gasteiger partial charge in [0.05, 0.1) is 6.04 Å². The molecule has 3 rings (SSSR count). The highest BCUT2D eigenvalue weighted by molar-refractivity contribution is 5.04. The van der Waals surface area contributed by atoms with Crippen molar-refractivity contribution in [2.75, 3.05) is 26.2 Å². The summed E-state index contributed by atoms with van der Waals surface area (Å²) >= 11 is 0. The molecule has 1 aromatic heterocycles. The fourth-order valence-corrected chi connectivity index (χ4v) is 2.48. The molecule has 1 saturated heterocycles. The molecule has 2 aliphatic rings. The molecular formula is C12H20N4O. The first-order valence-electron chi connectivity index (χ1n) is 6.66. The van der Waals surface area contributed by atoms with E-state index in [0.717, 1.165) is 44.3 Å². The third-order valence-electron chi connectivity index (χ3n) is 3.66. The van der Waals surface area contributed by atoms with Crippen molar-refractivity contribution in [3.05, 3.63) is 11.7 Å². The molecule has 0 bridgehead atoms. The van der Waals surface area contributed by atoms with Crippen LogP contribution in [0.1, 0.15) is 49.9 Å². The Morgan fingerprint density at radius 1 is 1.41 bits per heavy atom. The molecule has 1 saturated carbocycles. The fourth-order valence-electron chi connectivity index (χ4n) is 2.48. The first kappa shape index (κ1) is 11.2. The SMILES string of the molecule is CCC(c1noc(C2CC2)n1)N1CCNCC1. The summed E-state index contributed by atoms with van der Waals surface area (Å²) in [6.07, 6.45) is 3.47. The average molecular weight is 236 g/mol. The van der Waals surface area contributed by atoms with Crippen molar-refractivity contribution < 1.29 is 4.52 Å². The first-order chi connectivity index (χ1) is 8.38. The summed E-state index contributed by atoms with van der Waals surface area (Å²) in [5, 5.41) is 7.55. The van der Waals surface area contributed by atoms with Crippen LogP contribution in [0, 0.1) is 0 Å². The monoisotopic (exact) mass is 236 g/mol. The Bertz CT molecular complexity index is 368. The number of aromatic nitrogens is 2. The molecule has 0 aromatic carbocycles. The Morgan fingerprint density at radius 3 is 2.82 bits per heavy atom. The molecule has 2 fully saturated rings. The maximum Gasteiger partial charge on any atom is 0.229 e. The van der Waals surface area contributed by atoms with Gasteiger partial charge in [-0.2, -0.15) is 4.98 Å². The molecule has 17 heavy (non-hydrogen) atoms. The van der Waals surface area contributed by atoms with Crippen molar-refractivity contribution in [2.45, 2.75) is 38.1 Å². The van der Waals surface area contributed by atoms with Crippen molar-refractivity contribution in [3.8, 4) is 0 Å². The summed E-state index contributed by atoms with van der Waals surface area (Å²) in [7, 11) is 0. The summed E-state index contributed by atoms with van der Waals surface area (Å²) in [6.45, 7) is 6.46. The Hall–Kier alpha value is -0.940. The Labute approximate surface area is 102 Å². The number of hydrogen-bond donors (Lipinski definition) is 1. The second kappa shape index (κ2) is 4.74. The van der Waals surface area contributed by atoms with E-state index in [1.165, 1.54) is 12.8 Å². The van der Waals surface area contributed by atoms with E-state index < -0.39 is 0 Å². The summed E-state index contributed by atoms with van der Waals surface area (Å²) in [5.74, 6) is 2.29. The van der Waals surface area contributed by atoms with Gasteiger partial charge in [0.1, 0.15) is 0 Å². The number of piperazine rings is 1. The fraction of sp³-hybridized carbons (Fsp3) is 0.833. The molecule has 0 radical (unpaired) electrons.